The maximum Gasteiger partial charge on any atom is 0.307 e. The summed E-state index contributed by atoms with van der Waals surface area (Å²) < 4.78 is 16.1. The van der Waals surface area contributed by atoms with E-state index in [4.69, 9.17) is 14.0 Å². The summed E-state index contributed by atoms with van der Waals surface area (Å²) in [5.41, 5.74) is -1.02. The Balaban J connectivity index is 0.000000326. The first-order valence-corrected chi connectivity index (χ1v) is 18.1. The molecule has 1 aromatic heterocycles. The van der Waals surface area contributed by atoms with Gasteiger partial charge in [-0.05, 0) is 66.2 Å². The Hall–Kier alpha value is -2.45. The third kappa shape index (κ3) is 17.5. The first-order chi connectivity index (χ1) is 21.6. The fraction of sp³-hybridized carbons (Fsp3) is 0.865. The quantitative estimate of drug-likeness (QED) is 0.185. The minimum absolute atomic E-state index is 0.0166. The highest BCUT2D eigenvalue weighted by atomic mass is 16.6. The van der Waals surface area contributed by atoms with Gasteiger partial charge in [0.1, 0.15) is 11.2 Å². The monoisotopic (exact) mass is 648 g/mol. The number of nitrogens with zero attached hydrogens (tertiary/aromatic N) is 2. The predicted molar refractivity (Wildman–Crippen MR) is 179 cm³/mol. The molecule has 1 aromatic rings. The van der Waals surface area contributed by atoms with Crippen LogP contribution in [-0.2, 0) is 30.3 Å². The average Bonchev–Trinajstić information content (AvgIpc) is 3.45. The van der Waals surface area contributed by atoms with Crippen LogP contribution in [0.2, 0.25) is 0 Å². The lowest BCUT2D eigenvalue weighted by Crippen LogP contribution is -2.27. The molecule has 46 heavy (non-hydrogen) atoms. The molecule has 1 heterocycles. The minimum atomic E-state index is -0.885. The molecule has 2 aliphatic rings. The molecule has 9 nitrogen and oxygen atoms in total. The van der Waals surface area contributed by atoms with Gasteiger partial charge in [0.2, 0.25) is 5.89 Å². The molecule has 0 amide bonds. The van der Waals surface area contributed by atoms with Crippen molar-refractivity contribution in [2.75, 3.05) is 0 Å². The maximum absolute atomic E-state index is 12.3. The Morgan fingerprint density at radius 1 is 0.783 bits per heavy atom. The van der Waals surface area contributed by atoms with E-state index in [1.807, 2.05) is 27.7 Å². The molecule has 0 unspecified atom stereocenters. The largest absolute Gasteiger partial charge is 0.481 e. The topological polar surface area (TPSA) is 129 Å². The summed E-state index contributed by atoms with van der Waals surface area (Å²) in [5.74, 6) is 0.778. The second kappa shape index (κ2) is 20.0. The number of ether oxygens (including phenoxy) is 2. The van der Waals surface area contributed by atoms with E-state index in [9.17, 15) is 19.5 Å². The second-order valence-corrected chi connectivity index (χ2v) is 15.6. The molecular formula is C37H64N2O7. The number of carboxylic acids is 1. The van der Waals surface area contributed by atoms with Crippen molar-refractivity contribution in [3.8, 4) is 0 Å². The lowest BCUT2D eigenvalue weighted by Gasteiger charge is -2.23. The highest BCUT2D eigenvalue weighted by Crippen LogP contribution is 2.32. The van der Waals surface area contributed by atoms with Gasteiger partial charge >= 0.3 is 17.9 Å². The smallest absolute Gasteiger partial charge is 0.307 e. The van der Waals surface area contributed by atoms with Gasteiger partial charge in [-0.3, -0.25) is 14.4 Å². The van der Waals surface area contributed by atoms with Gasteiger partial charge in [-0.2, -0.15) is 4.98 Å². The van der Waals surface area contributed by atoms with E-state index in [-0.39, 0.29) is 18.3 Å². The molecule has 9 heteroatoms. The Bertz CT molecular complexity index is 1030. The van der Waals surface area contributed by atoms with Crippen LogP contribution in [-0.4, -0.2) is 44.4 Å². The van der Waals surface area contributed by atoms with Crippen LogP contribution >= 0.6 is 0 Å². The number of aryl methyl sites for hydroxylation is 1. The van der Waals surface area contributed by atoms with Crippen LogP contribution in [0.4, 0.5) is 0 Å². The number of hydrogen-bond donors (Lipinski definition) is 1. The van der Waals surface area contributed by atoms with Crippen LogP contribution in [0.3, 0.4) is 0 Å². The number of esters is 2. The summed E-state index contributed by atoms with van der Waals surface area (Å²) in [5, 5.41) is 13.2. The van der Waals surface area contributed by atoms with Crippen LogP contribution in [0.25, 0.3) is 0 Å². The van der Waals surface area contributed by atoms with Crippen molar-refractivity contribution < 1.29 is 33.5 Å². The summed E-state index contributed by atoms with van der Waals surface area (Å²) in [7, 11) is 0. The Kier molecular flexibility index (Phi) is 17.3. The number of carbonyl (C=O) groups excluding carboxylic acids is 2. The van der Waals surface area contributed by atoms with Crippen LogP contribution in [0, 0.1) is 17.8 Å². The van der Waals surface area contributed by atoms with Gasteiger partial charge in [0.15, 0.2) is 5.82 Å². The standard InChI is InChI=1S/C20H34N2O3.C17H30O4/c1-5-17-21-19(25-22-17)16(14-18(23)24-20(2,3)4)13-9-12-15-10-7-6-8-11-15;1-17(2,3)21-15(18)12-14(16(19)20)11-7-10-13-8-5-4-6-9-13/h15-16H,5-14H2,1-4H3;13-14H,4-12H2,1-3H3,(H,19,20)/t16-;14-/m11/s1. The molecule has 0 aliphatic heterocycles. The highest BCUT2D eigenvalue weighted by Gasteiger charge is 2.27. The summed E-state index contributed by atoms with van der Waals surface area (Å²) in [6, 6.07) is 0. The van der Waals surface area contributed by atoms with E-state index in [2.05, 4.69) is 10.1 Å². The maximum atomic E-state index is 12.3. The third-order valence-corrected chi connectivity index (χ3v) is 8.94. The van der Waals surface area contributed by atoms with E-state index in [1.165, 1.54) is 70.6 Å². The lowest BCUT2D eigenvalue weighted by molar-refractivity contribution is -0.160. The number of rotatable bonds is 15. The number of aliphatic carboxylic acids is 1. The minimum Gasteiger partial charge on any atom is -0.481 e. The van der Waals surface area contributed by atoms with Crippen molar-refractivity contribution in [3.05, 3.63) is 11.7 Å². The van der Waals surface area contributed by atoms with Crippen molar-refractivity contribution in [2.45, 2.75) is 188 Å². The van der Waals surface area contributed by atoms with Crippen LogP contribution < -0.4 is 0 Å². The number of carbonyl (C=O) groups is 3. The molecule has 0 aromatic carbocycles. The first kappa shape index (κ1) is 39.7. The van der Waals surface area contributed by atoms with Gasteiger partial charge in [-0.1, -0.05) is 102 Å². The zero-order valence-electron chi connectivity index (χ0n) is 30.0. The Morgan fingerprint density at radius 2 is 1.26 bits per heavy atom. The molecular weight excluding hydrogens is 584 g/mol. The number of carboxylic acid groups (broad SMARTS) is 1. The van der Waals surface area contributed by atoms with E-state index in [1.54, 1.807) is 20.8 Å². The van der Waals surface area contributed by atoms with Gasteiger partial charge in [0, 0.05) is 12.3 Å². The first-order valence-electron chi connectivity index (χ1n) is 18.1. The van der Waals surface area contributed by atoms with Crippen LogP contribution in [0.15, 0.2) is 4.52 Å². The van der Waals surface area contributed by atoms with Crippen LogP contribution in [0.5, 0.6) is 0 Å². The summed E-state index contributed by atoms with van der Waals surface area (Å²) in [6.45, 7) is 13.1. The molecule has 0 spiro atoms. The van der Waals surface area contributed by atoms with E-state index in [0.29, 0.717) is 24.6 Å². The van der Waals surface area contributed by atoms with E-state index in [0.717, 1.165) is 43.9 Å². The molecule has 264 valence electrons. The zero-order chi connectivity index (χ0) is 34.2. The van der Waals surface area contributed by atoms with Gasteiger partial charge in [0.25, 0.3) is 0 Å². The Labute approximate surface area is 278 Å². The van der Waals surface area contributed by atoms with Gasteiger partial charge in [-0.15, -0.1) is 0 Å². The molecule has 2 saturated carbocycles. The predicted octanol–water partition coefficient (Wildman–Crippen LogP) is 9.37. The van der Waals surface area contributed by atoms with E-state index < -0.39 is 29.1 Å². The van der Waals surface area contributed by atoms with Crippen molar-refractivity contribution in [3.63, 3.8) is 0 Å². The number of aromatic nitrogens is 2. The van der Waals surface area contributed by atoms with Gasteiger partial charge < -0.3 is 19.1 Å². The highest BCUT2D eigenvalue weighted by molar-refractivity contribution is 5.78. The molecule has 2 aliphatic carbocycles. The molecule has 0 saturated heterocycles. The molecule has 0 radical (unpaired) electrons. The van der Waals surface area contributed by atoms with Gasteiger partial charge in [-0.25, -0.2) is 0 Å². The van der Waals surface area contributed by atoms with E-state index >= 15 is 0 Å². The van der Waals surface area contributed by atoms with Crippen molar-refractivity contribution >= 4 is 17.9 Å². The van der Waals surface area contributed by atoms with Crippen LogP contribution in [0.1, 0.15) is 182 Å². The third-order valence-electron chi connectivity index (χ3n) is 8.94. The Morgan fingerprint density at radius 3 is 1.70 bits per heavy atom. The molecule has 2 atom stereocenters. The van der Waals surface area contributed by atoms with Crippen molar-refractivity contribution in [1.29, 1.82) is 0 Å². The number of hydrogen-bond acceptors (Lipinski definition) is 8. The summed E-state index contributed by atoms with van der Waals surface area (Å²) >= 11 is 0. The normalized spacial score (nSPS) is 17.8. The molecule has 1 N–H and O–H groups in total. The molecule has 0 bridgehead atoms. The SMILES string of the molecule is CC(C)(C)OC(=O)C[C@@H](CCCC1CCCCC1)C(=O)O.CCc1noc([C@H](CCCC2CCCCC2)CC(=O)OC(C)(C)C)n1. The average molecular weight is 649 g/mol. The molecule has 2 fully saturated rings. The fourth-order valence-electron chi connectivity index (χ4n) is 6.63. The lowest BCUT2D eigenvalue weighted by atomic mass is 9.84. The second-order valence-electron chi connectivity index (χ2n) is 15.6. The van der Waals surface area contributed by atoms with Crippen molar-refractivity contribution in [1.82, 2.24) is 10.1 Å². The zero-order valence-corrected chi connectivity index (χ0v) is 30.0. The fourth-order valence-corrected chi connectivity index (χ4v) is 6.63. The summed E-state index contributed by atoms with van der Waals surface area (Å²) in [6.07, 6.45) is 20.2. The van der Waals surface area contributed by atoms with Gasteiger partial charge in [0.05, 0.1) is 18.8 Å². The summed E-state index contributed by atoms with van der Waals surface area (Å²) in [4.78, 5) is 39.8. The van der Waals surface area contributed by atoms with Crippen molar-refractivity contribution in [2.24, 2.45) is 17.8 Å². The molecule has 3 rings (SSSR count).